The third kappa shape index (κ3) is 1.37. The Kier molecular flexibility index (Phi) is 1.88. The molecular formula is C9H12N4O2. The van der Waals surface area contributed by atoms with Gasteiger partial charge in [-0.2, -0.15) is 0 Å². The molecule has 2 unspecified atom stereocenters. The molecule has 0 aromatic carbocycles. The summed E-state index contributed by atoms with van der Waals surface area (Å²) >= 11 is 0. The summed E-state index contributed by atoms with van der Waals surface area (Å²) in [6, 6.07) is 0.163. The second-order valence-corrected chi connectivity index (χ2v) is 3.78. The van der Waals surface area contributed by atoms with Gasteiger partial charge in [0, 0.05) is 6.61 Å². The average molecular weight is 208 g/mol. The molecule has 0 radical (unpaired) electrons. The number of nitrogens with one attached hydrogen (secondary N) is 3. The predicted molar refractivity (Wildman–Crippen MR) is 54.9 cm³/mol. The Morgan fingerprint density at radius 3 is 3.33 bits per heavy atom. The van der Waals surface area contributed by atoms with Gasteiger partial charge in [-0.1, -0.05) is 0 Å². The minimum absolute atomic E-state index is 0.0689. The molecule has 1 saturated heterocycles. The quantitative estimate of drug-likeness (QED) is 0.564. The molecule has 2 atom stereocenters. The number of ether oxygens (including phenoxy) is 1. The van der Waals surface area contributed by atoms with Crippen molar-refractivity contribution in [2.45, 2.75) is 25.1 Å². The van der Waals surface area contributed by atoms with Crippen molar-refractivity contribution in [2.24, 2.45) is 0 Å². The number of hydrogen-bond donors (Lipinski definition) is 3. The van der Waals surface area contributed by atoms with Gasteiger partial charge in [0.2, 0.25) is 0 Å². The van der Waals surface area contributed by atoms with Crippen LogP contribution in [-0.2, 0) is 4.74 Å². The predicted octanol–water partition coefficient (Wildman–Crippen LogP) is 0.112. The summed E-state index contributed by atoms with van der Waals surface area (Å²) in [7, 11) is 0. The molecule has 0 aliphatic carbocycles. The molecule has 80 valence electrons. The van der Waals surface area contributed by atoms with Gasteiger partial charge in [-0.15, -0.1) is 0 Å². The Balaban J connectivity index is 1.99. The maximum Gasteiger partial charge on any atom is 0.276 e. The normalized spacial score (nSPS) is 28.3. The zero-order valence-electron chi connectivity index (χ0n) is 8.12. The summed E-state index contributed by atoms with van der Waals surface area (Å²) in [6.07, 6.45) is 3.34. The van der Waals surface area contributed by atoms with E-state index < -0.39 is 0 Å². The Hall–Kier alpha value is -1.56. The van der Waals surface area contributed by atoms with E-state index in [0.29, 0.717) is 11.5 Å². The number of hydrogen-bond acceptors (Lipinski definition) is 5. The molecule has 3 rings (SSSR count). The lowest BCUT2D eigenvalue weighted by Gasteiger charge is -2.37. The first-order valence-electron chi connectivity index (χ1n) is 5.07. The maximum absolute atomic E-state index is 11.5. The van der Waals surface area contributed by atoms with Crippen molar-refractivity contribution in [2.75, 3.05) is 17.2 Å². The van der Waals surface area contributed by atoms with Crippen LogP contribution >= 0.6 is 0 Å². The van der Waals surface area contributed by atoms with Gasteiger partial charge in [0.1, 0.15) is 11.9 Å². The van der Waals surface area contributed by atoms with E-state index >= 15 is 0 Å². The molecule has 15 heavy (non-hydrogen) atoms. The van der Waals surface area contributed by atoms with Crippen molar-refractivity contribution >= 4 is 11.5 Å². The highest BCUT2D eigenvalue weighted by Gasteiger charge is 2.32. The lowest BCUT2D eigenvalue weighted by atomic mass is 10.1. The zero-order valence-corrected chi connectivity index (χ0v) is 8.12. The summed E-state index contributed by atoms with van der Waals surface area (Å²) in [4.78, 5) is 18.1. The molecule has 3 heterocycles. The van der Waals surface area contributed by atoms with Crippen LogP contribution in [0, 0.1) is 0 Å². The van der Waals surface area contributed by atoms with Gasteiger partial charge < -0.3 is 20.4 Å². The van der Waals surface area contributed by atoms with Crippen LogP contribution in [0.15, 0.2) is 11.1 Å². The van der Waals surface area contributed by atoms with Gasteiger partial charge in [-0.3, -0.25) is 4.79 Å². The number of fused-ring (bicyclic) bond motifs is 2. The van der Waals surface area contributed by atoms with Crippen LogP contribution in [0.4, 0.5) is 11.5 Å². The van der Waals surface area contributed by atoms with Crippen LogP contribution in [0.25, 0.3) is 0 Å². The van der Waals surface area contributed by atoms with Crippen LogP contribution in [0.3, 0.4) is 0 Å². The fourth-order valence-corrected chi connectivity index (χ4v) is 2.03. The summed E-state index contributed by atoms with van der Waals surface area (Å²) in [6.45, 7) is 0.758. The van der Waals surface area contributed by atoms with E-state index in [1.165, 1.54) is 6.33 Å². The highest BCUT2D eigenvalue weighted by atomic mass is 16.5. The summed E-state index contributed by atoms with van der Waals surface area (Å²) in [5.74, 6) is 0.571. The average Bonchev–Trinajstić information content (AvgIpc) is 2.27. The highest BCUT2D eigenvalue weighted by molar-refractivity contribution is 5.66. The minimum Gasteiger partial charge on any atom is -0.370 e. The summed E-state index contributed by atoms with van der Waals surface area (Å²) in [5.41, 5.74) is 0.376. The van der Waals surface area contributed by atoms with Crippen molar-refractivity contribution in [1.29, 1.82) is 0 Å². The van der Waals surface area contributed by atoms with Gasteiger partial charge in [0.15, 0.2) is 5.82 Å². The van der Waals surface area contributed by atoms with E-state index in [0.717, 1.165) is 19.4 Å². The van der Waals surface area contributed by atoms with E-state index in [2.05, 4.69) is 20.6 Å². The Morgan fingerprint density at radius 2 is 2.40 bits per heavy atom. The topological polar surface area (TPSA) is 79.0 Å². The molecule has 6 heteroatoms. The maximum atomic E-state index is 11.5. The van der Waals surface area contributed by atoms with Crippen molar-refractivity contribution < 1.29 is 4.74 Å². The second-order valence-electron chi connectivity index (χ2n) is 3.78. The number of nitrogens with zero attached hydrogens (tertiary/aromatic N) is 1. The lowest BCUT2D eigenvalue weighted by molar-refractivity contribution is 0.0230. The lowest BCUT2D eigenvalue weighted by Crippen LogP contribution is -2.49. The van der Waals surface area contributed by atoms with Crippen LogP contribution in [0.2, 0.25) is 0 Å². The number of aromatic nitrogens is 2. The Labute approximate surface area is 86.1 Å². The van der Waals surface area contributed by atoms with Crippen molar-refractivity contribution in [3.63, 3.8) is 0 Å². The number of anilines is 2. The first-order chi connectivity index (χ1) is 7.34. The number of aromatic amines is 1. The van der Waals surface area contributed by atoms with E-state index in [-0.39, 0.29) is 17.8 Å². The Bertz CT molecular complexity index is 430. The van der Waals surface area contributed by atoms with Crippen LogP contribution < -0.4 is 16.2 Å². The van der Waals surface area contributed by atoms with E-state index in [1.807, 2.05) is 0 Å². The second kappa shape index (κ2) is 3.23. The Morgan fingerprint density at radius 1 is 1.47 bits per heavy atom. The van der Waals surface area contributed by atoms with E-state index in [1.54, 1.807) is 0 Å². The van der Waals surface area contributed by atoms with Gasteiger partial charge in [-0.05, 0) is 12.8 Å². The van der Waals surface area contributed by atoms with Crippen molar-refractivity contribution in [1.82, 2.24) is 9.97 Å². The molecule has 0 amide bonds. The van der Waals surface area contributed by atoms with Crippen LogP contribution in [0.1, 0.15) is 12.8 Å². The van der Waals surface area contributed by atoms with E-state index in [9.17, 15) is 4.79 Å². The van der Waals surface area contributed by atoms with Gasteiger partial charge in [-0.25, -0.2) is 4.98 Å². The number of H-pyrrole nitrogens is 1. The third-order valence-corrected chi connectivity index (χ3v) is 2.78. The third-order valence-electron chi connectivity index (χ3n) is 2.78. The standard InChI is InChI=1S/C9H12N4O2/c14-8-6-7(10-4-11-8)13-9-5(12-6)2-1-3-15-9/h4-5,9,12H,1-3H2,(H2,10,11,13,14). The van der Waals surface area contributed by atoms with Gasteiger partial charge in [0.05, 0.1) is 12.4 Å². The molecule has 6 nitrogen and oxygen atoms in total. The number of rotatable bonds is 0. The van der Waals surface area contributed by atoms with Crippen LogP contribution in [0.5, 0.6) is 0 Å². The largest absolute Gasteiger partial charge is 0.370 e. The SMILES string of the molecule is O=c1[nH]cnc2c1NC1CCCOC1N2. The van der Waals surface area contributed by atoms with Gasteiger partial charge >= 0.3 is 0 Å². The fourth-order valence-electron chi connectivity index (χ4n) is 2.03. The molecule has 0 saturated carbocycles. The van der Waals surface area contributed by atoms with Gasteiger partial charge in [0.25, 0.3) is 5.56 Å². The molecule has 0 bridgehead atoms. The molecule has 0 spiro atoms. The molecule has 2 aliphatic rings. The molecule has 1 aromatic heterocycles. The molecule has 3 N–H and O–H groups in total. The fraction of sp³-hybridized carbons (Fsp3) is 0.556. The summed E-state index contributed by atoms with van der Waals surface area (Å²) < 4.78 is 5.55. The first-order valence-corrected chi connectivity index (χ1v) is 5.07. The molecule has 1 aromatic rings. The minimum atomic E-state index is -0.142. The zero-order chi connectivity index (χ0) is 10.3. The van der Waals surface area contributed by atoms with Crippen LogP contribution in [-0.4, -0.2) is 28.8 Å². The first kappa shape index (κ1) is 8.72. The van der Waals surface area contributed by atoms with Crippen molar-refractivity contribution in [3.05, 3.63) is 16.7 Å². The molecular weight excluding hydrogens is 196 g/mol. The monoisotopic (exact) mass is 208 g/mol. The highest BCUT2D eigenvalue weighted by Crippen LogP contribution is 2.27. The smallest absolute Gasteiger partial charge is 0.276 e. The summed E-state index contributed by atoms with van der Waals surface area (Å²) in [5, 5.41) is 6.30. The molecule has 1 fully saturated rings. The van der Waals surface area contributed by atoms with Crippen molar-refractivity contribution in [3.8, 4) is 0 Å². The molecule has 2 aliphatic heterocycles. The van der Waals surface area contributed by atoms with E-state index in [4.69, 9.17) is 4.74 Å².